The quantitative estimate of drug-likeness (QED) is 0.910. The third kappa shape index (κ3) is 2.17. The molecule has 1 aromatic rings. The van der Waals surface area contributed by atoms with Crippen LogP contribution in [0.1, 0.15) is 12.5 Å². The fourth-order valence-corrected chi connectivity index (χ4v) is 4.20. The first-order valence-corrected chi connectivity index (χ1v) is 6.74. The van der Waals surface area contributed by atoms with Crippen molar-refractivity contribution in [1.29, 1.82) is 0 Å². The van der Waals surface area contributed by atoms with Gasteiger partial charge in [-0.3, -0.25) is 4.79 Å². The van der Waals surface area contributed by atoms with Crippen molar-refractivity contribution in [1.82, 2.24) is 0 Å². The van der Waals surface area contributed by atoms with Crippen molar-refractivity contribution in [3.05, 3.63) is 35.9 Å². The summed E-state index contributed by atoms with van der Waals surface area (Å²) in [7, 11) is 0. The zero-order valence-electron chi connectivity index (χ0n) is 10.1. The molecule has 1 aliphatic rings. The fraction of sp³-hybridized carbons (Fsp3) is 0.462. The number of aliphatic hydroxyl groups excluding tert-OH is 1. The lowest BCUT2D eigenvalue weighted by molar-refractivity contribution is -0.182. The molecule has 2 nitrogen and oxygen atoms in total. The largest absolute Gasteiger partial charge is 0.408 e. The Bertz CT molecular complexity index is 475. The molecular weight excluding hydrogens is 277 g/mol. The summed E-state index contributed by atoms with van der Waals surface area (Å²) >= 11 is 0.599. The zero-order chi connectivity index (χ0) is 14.3. The predicted molar refractivity (Wildman–Crippen MR) is 66.8 cm³/mol. The van der Waals surface area contributed by atoms with Gasteiger partial charge in [-0.15, -0.1) is 11.8 Å². The molecule has 0 unspecified atom stereocenters. The molecule has 1 aromatic carbocycles. The molecule has 0 aromatic heterocycles. The summed E-state index contributed by atoms with van der Waals surface area (Å²) in [5.74, 6) is -2.20. The van der Waals surface area contributed by atoms with Crippen molar-refractivity contribution in [2.75, 3.05) is 5.75 Å². The van der Waals surface area contributed by atoms with Crippen molar-refractivity contribution in [3.8, 4) is 0 Å². The number of carbonyl (C=O) groups is 1. The van der Waals surface area contributed by atoms with Crippen LogP contribution in [-0.2, 0) is 9.54 Å². The second-order valence-corrected chi connectivity index (χ2v) is 5.83. The summed E-state index contributed by atoms with van der Waals surface area (Å²) in [6.07, 6.45) is -5.88. The van der Waals surface area contributed by atoms with Crippen molar-refractivity contribution >= 4 is 17.5 Å². The van der Waals surface area contributed by atoms with Gasteiger partial charge < -0.3 is 5.11 Å². The number of aliphatic hydroxyl groups is 1. The lowest BCUT2D eigenvalue weighted by atomic mass is 9.79. The van der Waals surface area contributed by atoms with Gasteiger partial charge in [0.25, 0.3) is 0 Å². The Morgan fingerprint density at radius 1 is 1.37 bits per heavy atom. The molecule has 0 radical (unpaired) electrons. The Morgan fingerprint density at radius 2 is 1.95 bits per heavy atom. The second kappa shape index (κ2) is 4.83. The number of carbonyl (C=O) groups excluding carboxylic acids is 1. The van der Waals surface area contributed by atoms with E-state index < -0.39 is 28.7 Å². The number of ketones is 1. The van der Waals surface area contributed by atoms with E-state index in [0.29, 0.717) is 11.8 Å². The van der Waals surface area contributed by atoms with Crippen molar-refractivity contribution in [3.63, 3.8) is 0 Å². The van der Waals surface area contributed by atoms with E-state index in [4.69, 9.17) is 0 Å². The van der Waals surface area contributed by atoms with E-state index in [1.807, 2.05) is 0 Å². The first-order chi connectivity index (χ1) is 8.80. The summed E-state index contributed by atoms with van der Waals surface area (Å²) in [5.41, 5.74) is 0.0178. The summed E-state index contributed by atoms with van der Waals surface area (Å²) in [6.45, 7) is 1.10. The fourth-order valence-electron chi connectivity index (χ4n) is 2.60. The molecule has 0 bridgehead atoms. The predicted octanol–water partition coefficient (Wildman–Crippen LogP) is 2.76. The van der Waals surface area contributed by atoms with Crippen LogP contribution >= 0.6 is 11.8 Å². The topological polar surface area (TPSA) is 37.3 Å². The molecule has 104 valence electrons. The molecule has 3 atom stereocenters. The van der Waals surface area contributed by atoms with Crippen LogP contribution in [-0.4, -0.2) is 28.9 Å². The summed E-state index contributed by atoms with van der Waals surface area (Å²) in [6, 6.07) is 7.34. The van der Waals surface area contributed by atoms with E-state index in [2.05, 4.69) is 0 Å². The number of hydrogen-bond donors (Lipinski definition) is 1. The van der Waals surface area contributed by atoms with Gasteiger partial charge in [0.05, 0.1) is 12.0 Å². The van der Waals surface area contributed by atoms with Crippen LogP contribution in [0.15, 0.2) is 30.3 Å². The van der Waals surface area contributed by atoms with Gasteiger partial charge in [-0.2, -0.15) is 13.2 Å². The zero-order valence-corrected chi connectivity index (χ0v) is 11.0. The Balaban J connectivity index is 2.63. The van der Waals surface area contributed by atoms with Gasteiger partial charge in [-0.1, -0.05) is 30.3 Å². The van der Waals surface area contributed by atoms with Gasteiger partial charge in [0.2, 0.25) is 0 Å². The highest BCUT2D eigenvalue weighted by Gasteiger charge is 2.67. The third-order valence-electron chi connectivity index (χ3n) is 3.37. The van der Waals surface area contributed by atoms with Crippen LogP contribution < -0.4 is 0 Å². The van der Waals surface area contributed by atoms with E-state index in [0.717, 1.165) is 6.92 Å². The first kappa shape index (κ1) is 14.4. The molecule has 1 saturated heterocycles. The normalized spacial score (nSPS) is 31.4. The second-order valence-electron chi connectivity index (χ2n) is 4.57. The number of rotatable bonds is 2. The molecule has 0 aliphatic carbocycles. The molecule has 0 amide bonds. The van der Waals surface area contributed by atoms with Crippen LogP contribution in [0.4, 0.5) is 13.2 Å². The van der Waals surface area contributed by atoms with Gasteiger partial charge in [-0.05, 0) is 12.5 Å². The minimum absolute atomic E-state index is 0.0178. The Labute approximate surface area is 113 Å². The van der Waals surface area contributed by atoms with E-state index in [9.17, 15) is 23.1 Å². The van der Waals surface area contributed by atoms with Gasteiger partial charge >= 0.3 is 6.18 Å². The summed E-state index contributed by atoms with van der Waals surface area (Å²) in [4.78, 5) is 11.6. The molecule has 1 N–H and O–H groups in total. The summed E-state index contributed by atoms with van der Waals surface area (Å²) < 4.78 is 38.5. The standard InChI is InChI=1S/C13H13F3O2S/c1-8(17)11-10(18)7-19-12(11,13(14,15)16)9-5-3-2-4-6-9/h2-6,10-11,18H,7H2,1H3/t10-,11-,12-/m1/s1. The van der Waals surface area contributed by atoms with Crippen LogP contribution in [0.2, 0.25) is 0 Å². The number of Topliss-reactive ketones (excluding diaryl/α,β-unsaturated/α-hetero) is 1. The minimum atomic E-state index is -4.60. The molecular formula is C13H13F3O2S. The highest BCUT2D eigenvalue weighted by Crippen LogP contribution is 2.59. The highest BCUT2D eigenvalue weighted by atomic mass is 32.2. The minimum Gasteiger partial charge on any atom is -0.391 e. The molecule has 2 rings (SSSR count). The van der Waals surface area contributed by atoms with Gasteiger partial charge in [-0.25, -0.2) is 0 Å². The Hall–Kier alpha value is -1.01. The van der Waals surface area contributed by atoms with E-state index in [1.165, 1.54) is 24.3 Å². The molecule has 1 heterocycles. The molecule has 1 fully saturated rings. The average molecular weight is 290 g/mol. The monoisotopic (exact) mass is 290 g/mol. The number of hydrogen-bond acceptors (Lipinski definition) is 3. The molecule has 6 heteroatoms. The van der Waals surface area contributed by atoms with E-state index >= 15 is 0 Å². The van der Waals surface area contributed by atoms with E-state index in [1.54, 1.807) is 6.07 Å². The maximum Gasteiger partial charge on any atom is 0.408 e. The molecule has 0 spiro atoms. The number of thioether (sulfide) groups is 1. The Morgan fingerprint density at radius 3 is 2.42 bits per heavy atom. The van der Waals surface area contributed by atoms with Crippen LogP contribution in [0.3, 0.4) is 0 Å². The van der Waals surface area contributed by atoms with Crippen LogP contribution in [0, 0.1) is 5.92 Å². The molecule has 0 saturated carbocycles. The van der Waals surface area contributed by atoms with Crippen molar-refractivity contribution in [2.45, 2.75) is 24.0 Å². The van der Waals surface area contributed by atoms with Gasteiger partial charge in [0.1, 0.15) is 10.5 Å². The molecule has 19 heavy (non-hydrogen) atoms. The highest BCUT2D eigenvalue weighted by molar-refractivity contribution is 8.00. The maximum absolute atomic E-state index is 13.6. The lowest BCUT2D eigenvalue weighted by Crippen LogP contribution is -2.48. The third-order valence-corrected chi connectivity index (χ3v) is 5.05. The SMILES string of the molecule is CC(=O)[C@@H]1[C@H](O)CS[C@@]1(c1ccccc1)C(F)(F)F. The number of halogens is 3. The average Bonchev–Trinajstić information content (AvgIpc) is 2.68. The first-order valence-electron chi connectivity index (χ1n) is 5.75. The summed E-state index contributed by atoms with van der Waals surface area (Å²) in [5, 5.41) is 9.78. The lowest BCUT2D eigenvalue weighted by Gasteiger charge is -2.36. The van der Waals surface area contributed by atoms with Crippen LogP contribution in [0.25, 0.3) is 0 Å². The smallest absolute Gasteiger partial charge is 0.391 e. The van der Waals surface area contributed by atoms with Gasteiger partial charge in [0, 0.05) is 5.75 Å². The maximum atomic E-state index is 13.6. The number of benzene rings is 1. The van der Waals surface area contributed by atoms with Crippen molar-refractivity contribution in [2.24, 2.45) is 5.92 Å². The van der Waals surface area contributed by atoms with Crippen LogP contribution in [0.5, 0.6) is 0 Å². The Kier molecular flexibility index (Phi) is 3.66. The van der Waals surface area contributed by atoms with Gasteiger partial charge in [0.15, 0.2) is 0 Å². The molecule has 1 aliphatic heterocycles. The number of alkyl halides is 3. The van der Waals surface area contributed by atoms with Crippen molar-refractivity contribution < 1.29 is 23.1 Å². The van der Waals surface area contributed by atoms with E-state index in [-0.39, 0.29) is 11.3 Å².